The number of hydrogen-bond donors (Lipinski definition) is 1. The van der Waals surface area contributed by atoms with Crippen LogP contribution in [0.1, 0.15) is 17.9 Å². The first-order valence-electron chi connectivity index (χ1n) is 4.43. The lowest BCUT2D eigenvalue weighted by Crippen LogP contribution is -2.08. The first-order chi connectivity index (χ1) is 6.27. The summed E-state index contributed by atoms with van der Waals surface area (Å²) in [6.45, 7) is 2.17. The van der Waals surface area contributed by atoms with E-state index in [9.17, 15) is 0 Å². The fourth-order valence-corrected chi connectivity index (χ4v) is 2.58. The molecule has 13 heavy (non-hydrogen) atoms. The summed E-state index contributed by atoms with van der Waals surface area (Å²) in [6, 6.07) is 6.14. The lowest BCUT2D eigenvalue weighted by Gasteiger charge is -2.10. The van der Waals surface area contributed by atoms with Crippen molar-refractivity contribution in [2.24, 2.45) is 0 Å². The van der Waals surface area contributed by atoms with Crippen molar-refractivity contribution in [1.29, 1.82) is 0 Å². The van der Waals surface area contributed by atoms with Gasteiger partial charge >= 0.3 is 0 Å². The van der Waals surface area contributed by atoms with Crippen molar-refractivity contribution >= 4 is 27.5 Å². The zero-order chi connectivity index (χ0) is 9.26. The second-order valence-electron chi connectivity index (χ2n) is 3.36. The minimum absolute atomic E-state index is 0.598. The molecule has 1 aliphatic heterocycles. The Kier molecular flexibility index (Phi) is 2.92. The first kappa shape index (κ1) is 9.50. The summed E-state index contributed by atoms with van der Waals surface area (Å²) in [7, 11) is 0. The summed E-state index contributed by atoms with van der Waals surface area (Å²) in [5.74, 6) is 0.598. The van der Waals surface area contributed by atoms with Gasteiger partial charge < -0.3 is 5.32 Å². The highest BCUT2D eigenvalue weighted by atomic mass is 79.9. The topological polar surface area (TPSA) is 12.0 Å². The molecular formula is C10H11BrClN. The SMILES string of the molecule is Clc1cc(Br)ccc1C1CCNC1. The number of nitrogens with one attached hydrogen (secondary N) is 1. The van der Waals surface area contributed by atoms with E-state index in [1.165, 1.54) is 12.0 Å². The van der Waals surface area contributed by atoms with E-state index in [2.05, 4.69) is 33.4 Å². The van der Waals surface area contributed by atoms with Crippen LogP contribution in [0.5, 0.6) is 0 Å². The van der Waals surface area contributed by atoms with Crippen LogP contribution in [0.25, 0.3) is 0 Å². The molecule has 1 N–H and O–H groups in total. The van der Waals surface area contributed by atoms with Crippen LogP contribution < -0.4 is 5.32 Å². The highest BCUT2D eigenvalue weighted by Gasteiger charge is 2.18. The highest BCUT2D eigenvalue weighted by molar-refractivity contribution is 9.10. The van der Waals surface area contributed by atoms with Crippen molar-refractivity contribution in [2.75, 3.05) is 13.1 Å². The molecule has 70 valence electrons. The Morgan fingerprint density at radius 2 is 2.31 bits per heavy atom. The number of hydrogen-bond acceptors (Lipinski definition) is 1. The van der Waals surface area contributed by atoms with Gasteiger partial charge in [-0.3, -0.25) is 0 Å². The molecule has 0 bridgehead atoms. The van der Waals surface area contributed by atoms with Crippen LogP contribution in [-0.2, 0) is 0 Å². The summed E-state index contributed by atoms with van der Waals surface area (Å²) < 4.78 is 1.05. The summed E-state index contributed by atoms with van der Waals surface area (Å²) in [6.07, 6.45) is 1.20. The third-order valence-electron chi connectivity index (χ3n) is 2.46. The Labute approximate surface area is 91.6 Å². The van der Waals surface area contributed by atoms with Crippen LogP contribution >= 0.6 is 27.5 Å². The molecule has 1 atom stereocenters. The zero-order valence-electron chi connectivity index (χ0n) is 7.19. The molecule has 0 saturated carbocycles. The largest absolute Gasteiger partial charge is 0.316 e. The molecule has 1 heterocycles. The zero-order valence-corrected chi connectivity index (χ0v) is 9.53. The van der Waals surface area contributed by atoms with Crippen LogP contribution in [0.3, 0.4) is 0 Å². The van der Waals surface area contributed by atoms with Gasteiger partial charge in [-0.1, -0.05) is 33.6 Å². The van der Waals surface area contributed by atoms with Gasteiger partial charge in [-0.25, -0.2) is 0 Å². The number of benzene rings is 1. The van der Waals surface area contributed by atoms with Crippen molar-refractivity contribution in [3.05, 3.63) is 33.3 Å². The van der Waals surface area contributed by atoms with E-state index in [-0.39, 0.29) is 0 Å². The second kappa shape index (κ2) is 3.99. The summed E-state index contributed by atoms with van der Waals surface area (Å²) in [5.41, 5.74) is 1.27. The van der Waals surface area contributed by atoms with Crippen LogP contribution in [-0.4, -0.2) is 13.1 Å². The average molecular weight is 261 g/mol. The second-order valence-corrected chi connectivity index (χ2v) is 4.68. The third-order valence-corrected chi connectivity index (χ3v) is 3.28. The summed E-state index contributed by atoms with van der Waals surface area (Å²) in [4.78, 5) is 0. The molecular weight excluding hydrogens is 249 g/mol. The van der Waals surface area contributed by atoms with E-state index in [1.807, 2.05) is 6.07 Å². The van der Waals surface area contributed by atoms with Crippen molar-refractivity contribution < 1.29 is 0 Å². The molecule has 1 aromatic carbocycles. The highest BCUT2D eigenvalue weighted by Crippen LogP contribution is 2.30. The van der Waals surface area contributed by atoms with Gasteiger partial charge in [0.1, 0.15) is 0 Å². The van der Waals surface area contributed by atoms with Gasteiger partial charge in [-0.05, 0) is 36.6 Å². The average Bonchev–Trinajstić information content (AvgIpc) is 2.56. The predicted molar refractivity (Wildman–Crippen MR) is 59.4 cm³/mol. The number of rotatable bonds is 1. The van der Waals surface area contributed by atoms with E-state index in [4.69, 9.17) is 11.6 Å². The van der Waals surface area contributed by atoms with Gasteiger partial charge in [-0.15, -0.1) is 0 Å². The van der Waals surface area contributed by atoms with Crippen molar-refractivity contribution in [2.45, 2.75) is 12.3 Å². The Bertz CT molecular complexity index is 308. The first-order valence-corrected chi connectivity index (χ1v) is 5.60. The van der Waals surface area contributed by atoms with E-state index in [1.54, 1.807) is 0 Å². The Morgan fingerprint density at radius 1 is 1.46 bits per heavy atom. The van der Waals surface area contributed by atoms with E-state index >= 15 is 0 Å². The van der Waals surface area contributed by atoms with Crippen molar-refractivity contribution in [3.63, 3.8) is 0 Å². The van der Waals surface area contributed by atoms with E-state index in [0.29, 0.717) is 5.92 Å². The molecule has 0 spiro atoms. The summed E-state index contributed by atoms with van der Waals surface area (Å²) >= 11 is 9.56. The maximum absolute atomic E-state index is 6.15. The fraction of sp³-hybridized carbons (Fsp3) is 0.400. The molecule has 1 nitrogen and oxygen atoms in total. The van der Waals surface area contributed by atoms with Crippen LogP contribution in [0, 0.1) is 0 Å². The van der Waals surface area contributed by atoms with Crippen LogP contribution in [0.2, 0.25) is 5.02 Å². The predicted octanol–water partition coefficient (Wildman–Crippen LogP) is 3.18. The Balaban J connectivity index is 2.29. The molecule has 0 radical (unpaired) electrons. The quantitative estimate of drug-likeness (QED) is 0.818. The molecule has 0 amide bonds. The van der Waals surface area contributed by atoms with Gasteiger partial charge in [-0.2, -0.15) is 0 Å². The molecule has 0 aromatic heterocycles. The molecule has 1 aliphatic rings. The number of halogens is 2. The molecule has 3 heteroatoms. The van der Waals surface area contributed by atoms with Gasteiger partial charge in [0.05, 0.1) is 0 Å². The van der Waals surface area contributed by atoms with Gasteiger partial charge in [0.25, 0.3) is 0 Å². The lowest BCUT2D eigenvalue weighted by molar-refractivity contribution is 0.763. The Morgan fingerprint density at radius 3 is 2.92 bits per heavy atom. The Hall–Kier alpha value is -0.0500. The minimum Gasteiger partial charge on any atom is -0.316 e. The minimum atomic E-state index is 0.598. The monoisotopic (exact) mass is 259 g/mol. The summed E-state index contributed by atoms with van der Waals surface area (Å²) in [5, 5.41) is 4.22. The van der Waals surface area contributed by atoms with E-state index < -0.39 is 0 Å². The molecule has 1 fully saturated rings. The maximum atomic E-state index is 6.15. The molecule has 2 rings (SSSR count). The van der Waals surface area contributed by atoms with Crippen molar-refractivity contribution in [1.82, 2.24) is 5.32 Å². The third kappa shape index (κ3) is 2.06. The molecule has 1 unspecified atom stereocenters. The van der Waals surface area contributed by atoms with Crippen molar-refractivity contribution in [3.8, 4) is 0 Å². The fourth-order valence-electron chi connectivity index (χ4n) is 1.75. The molecule has 1 saturated heterocycles. The normalized spacial score (nSPS) is 22.2. The van der Waals surface area contributed by atoms with Gasteiger partial charge in [0.15, 0.2) is 0 Å². The smallest absolute Gasteiger partial charge is 0.0452 e. The van der Waals surface area contributed by atoms with Crippen LogP contribution in [0.15, 0.2) is 22.7 Å². The van der Waals surface area contributed by atoms with Crippen LogP contribution in [0.4, 0.5) is 0 Å². The van der Waals surface area contributed by atoms with Gasteiger partial charge in [0, 0.05) is 16.0 Å². The van der Waals surface area contributed by atoms with Gasteiger partial charge in [0.2, 0.25) is 0 Å². The van der Waals surface area contributed by atoms with E-state index in [0.717, 1.165) is 22.6 Å². The molecule has 0 aliphatic carbocycles. The molecule has 1 aromatic rings. The maximum Gasteiger partial charge on any atom is 0.0452 e. The standard InChI is InChI=1S/C10H11BrClN/c11-8-1-2-9(10(12)5-8)7-3-4-13-6-7/h1-2,5,7,13H,3-4,6H2. The lowest BCUT2D eigenvalue weighted by atomic mass is 9.99.